The first-order chi connectivity index (χ1) is 13.3. The molecule has 1 saturated heterocycles. The van der Waals surface area contributed by atoms with Gasteiger partial charge in [-0.05, 0) is 18.9 Å². The van der Waals surface area contributed by atoms with Crippen LogP contribution in [0.4, 0.5) is 18.0 Å². The quantitative estimate of drug-likeness (QED) is 0.804. The number of likely N-dealkylation sites (tertiary alicyclic amines) is 1. The lowest BCUT2D eigenvalue weighted by atomic mass is 10.0. The summed E-state index contributed by atoms with van der Waals surface area (Å²) in [5.74, 6) is -0.135. The van der Waals surface area contributed by atoms with Crippen LogP contribution in [0.2, 0.25) is 0 Å². The van der Waals surface area contributed by atoms with E-state index in [9.17, 15) is 22.8 Å². The second-order valence-corrected chi connectivity index (χ2v) is 6.35. The monoisotopic (exact) mass is 396 g/mol. The Morgan fingerprint density at radius 3 is 2.86 bits per heavy atom. The van der Waals surface area contributed by atoms with Crippen LogP contribution < -0.4 is 10.6 Å². The summed E-state index contributed by atoms with van der Waals surface area (Å²) in [7, 11) is 0. The van der Waals surface area contributed by atoms with Crippen LogP contribution in [0.1, 0.15) is 18.4 Å². The van der Waals surface area contributed by atoms with Gasteiger partial charge in [-0.2, -0.15) is 13.2 Å². The highest BCUT2D eigenvalue weighted by Gasteiger charge is 2.37. The van der Waals surface area contributed by atoms with Crippen molar-refractivity contribution in [3.05, 3.63) is 42.6 Å². The molecule has 3 rings (SSSR count). The van der Waals surface area contributed by atoms with Crippen LogP contribution >= 0.6 is 0 Å². The number of carbonyl (C=O) groups is 2. The third-order valence-electron chi connectivity index (χ3n) is 4.26. The number of aromatic nitrogens is 3. The number of amides is 3. The largest absolute Gasteiger partial charge is 0.406 e. The molecule has 0 aromatic carbocycles. The molecule has 28 heavy (non-hydrogen) atoms. The summed E-state index contributed by atoms with van der Waals surface area (Å²) in [5, 5.41) is 5.08. The number of carbonyl (C=O) groups excluding carboxylic acids is 2. The lowest BCUT2D eigenvalue weighted by Gasteiger charge is -2.33. The number of hydrogen-bond donors (Lipinski definition) is 2. The second-order valence-electron chi connectivity index (χ2n) is 6.35. The van der Waals surface area contributed by atoms with Crippen LogP contribution in [-0.4, -0.2) is 56.7 Å². The van der Waals surface area contributed by atoms with Crippen LogP contribution in [0.5, 0.6) is 0 Å². The number of nitrogens with zero attached hydrogens (tertiary/aromatic N) is 4. The molecule has 0 saturated carbocycles. The number of alkyl halides is 3. The van der Waals surface area contributed by atoms with Gasteiger partial charge in [0.2, 0.25) is 5.91 Å². The van der Waals surface area contributed by atoms with Gasteiger partial charge >= 0.3 is 12.2 Å². The maximum Gasteiger partial charge on any atom is 0.406 e. The van der Waals surface area contributed by atoms with Gasteiger partial charge < -0.3 is 15.5 Å². The smallest absolute Gasteiger partial charge is 0.334 e. The van der Waals surface area contributed by atoms with Crippen molar-refractivity contribution in [1.29, 1.82) is 0 Å². The lowest BCUT2D eigenvalue weighted by molar-refractivity contribution is -0.164. The Hall–Kier alpha value is -3.11. The molecule has 1 unspecified atom stereocenters. The molecule has 8 nitrogen and oxygen atoms in total. The summed E-state index contributed by atoms with van der Waals surface area (Å²) in [6.45, 7) is -1.15. The van der Waals surface area contributed by atoms with Gasteiger partial charge in [-0.3, -0.25) is 9.36 Å². The zero-order valence-electron chi connectivity index (χ0n) is 14.8. The number of halogens is 3. The van der Waals surface area contributed by atoms with E-state index in [2.05, 4.69) is 20.6 Å². The zero-order valence-corrected chi connectivity index (χ0v) is 14.8. The molecule has 3 heterocycles. The summed E-state index contributed by atoms with van der Waals surface area (Å²) in [6, 6.07) is 1.89. The van der Waals surface area contributed by atoms with E-state index in [1.54, 1.807) is 41.6 Å². The zero-order chi connectivity index (χ0) is 20.1. The average molecular weight is 396 g/mol. The first-order valence-electron chi connectivity index (χ1n) is 8.65. The highest BCUT2D eigenvalue weighted by molar-refractivity contribution is 5.87. The molecule has 0 spiro atoms. The number of imidazole rings is 1. The Kier molecular flexibility index (Phi) is 5.81. The summed E-state index contributed by atoms with van der Waals surface area (Å²) in [4.78, 5) is 33.3. The highest BCUT2D eigenvalue weighted by atomic mass is 19.4. The number of urea groups is 1. The maximum atomic E-state index is 12.6. The minimum atomic E-state index is -4.47. The van der Waals surface area contributed by atoms with Crippen molar-refractivity contribution in [2.45, 2.75) is 31.6 Å². The molecule has 150 valence electrons. The summed E-state index contributed by atoms with van der Waals surface area (Å²) >= 11 is 0. The topological polar surface area (TPSA) is 92.2 Å². The van der Waals surface area contributed by atoms with Crippen molar-refractivity contribution in [3.8, 4) is 5.82 Å². The van der Waals surface area contributed by atoms with Crippen LogP contribution in [-0.2, 0) is 11.3 Å². The van der Waals surface area contributed by atoms with E-state index < -0.39 is 30.7 Å². The molecule has 1 aliphatic rings. The standard InChI is InChI=1S/C17H19F3N6O2/c18-17(19,20)10-25-7-2-4-13(15(25)27)24-16(28)23-9-12-3-1-5-22-14(12)26-8-6-21-11-26/h1,3,5-6,8,11,13H,2,4,7,9-10H2,(H2,23,24,28). The number of nitrogens with one attached hydrogen (secondary N) is 2. The molecular weight excluding hydrogens is 377 g/mol. The van der Waals surface area contributed by atoms with Crippen LogP contribution in [0.15, 0.2) is 37.1 Å². The molecule has 1 fully saturated rings. The van der Waals surface area contributed by atoms with Crippen molar-refractivity contribution in [3.63, 3.8) is 0 Å². The summed E-state index contributed by atoms with van der Waals surface area (Å²) in [5.41, 5.74) is 0.712. The Morgan fingerprint density at radius 2 is 2.14 bits per heavy atom. The van der Waals surface area contributed by atoms with E-state index >= 15 is 0 Å². The van der Waals surface area contributed by atoms with Crippen LogP contribution in [0.25, 0.3) is 5.82 Å². The van der Waals surface area contributed by atoms with Crippen molar-refractivity contribution >= 4 is 11.9 Å². The maximum absolute atomic E-state index is 12.6. The van der Waals surface area contributed by atoms with Crippen molar-refractivity contribution in [2.24, 2.45) is 0 Å². The normalized spacial score (nSPS) is 17.5. The predicted octanol–water partition coefficient (Wildman–Crippen LogP) is 1.62. The van der Waals surface area contributed by atoms with Gasteiger partial charge in [0.15, 0.2) is 0 Å². The molecule has 1 aliphatic heterocycles. The molecule has 2 N–H and O–H groups in total. The number of pyridine rings is 1. The van der Waals surface area contributed by atoms with Crippen LogP contribution in [0, 0.1) is 0 Å². The number of piperidine rings is 1. The fraction of sp³-hybridized carbons (Fsp3) is 0.412. The molecule has 0 radical (unpaired) electrons. The molecule has 11 heteroatoms. The van der Waals surface area contributed by atoms with Crippen molar-refractivity contribution in [2.75, 3.05) is 13.1 Å². The predicted molar refractivity (Wildman–Crippen MR) is 92.4 cm³/mol. The van der Waals surface area contributed by atoms with Crippen molar-refractivity contribution in [1.82, 2.24) is 30.1 Å². The van der Waals surface area contributed by atoms with E-state index in [0.717, 1.165) is 4.90 Å². The van der Waals surface area contributed by atoms with Gasteiger partial charge in [-0.1, -0.05) is 6.07 Å². The minimum absolute atomic E-state index is 0.0299. The fourth-order valence-electron chi connectivity index (χ4n) is 3.02. The molecule has 3 amide bonds. The van der Waals surface area contributed by atoms with Gasteiger partial charge in [0.1, 0.15) is 24.7 Å². The Labute approximate surface area is 158 Å². The average Bonchev–Trinajstić information content (AvgIpc) is 3.17. The van der Waals surface area contributed by atoms with E-state index in [4.69, 9.17) is 0 Å². The van der Waals surface area contributed by atoms with E-state index in [-0.39, 0.29) is 13.1 Å². The molecule has 2 aromatic heterocycles. The molecule has 0 aliphatic carbocycles. The molecule has 2 aromatic rings. The first-order valence-corrected chi connectivity index (χ1v) is 8.65. The van der Waals surface area contributed by atoms with Gasteiger partial charge in [0.25, 0.3) is 0 Å². The van der Waals surface area contributed by atoms with E-state index in [1.165, 1.54) is 0 Å². The van der Waals surface area contributed by atoms with E-state index in [1.807, 2.05) is 0 Å². The van der Waals surface area contributed by atoms with Gasteiger partial charge in [0, 0.05) is 37.2 Å². The summed E-state index contributed by atoms with van der Waals surface area (Å²) < 4.78 is 39.4. The fourth-order valence-corrected chi connectivity index (χ4v) is 3.02. The molecular formula is C17H19F3N6O2. The highest BCUT2D eigenvalue weighted by Crippen LogP contribution is 2.20. The Balaban J connectivity index is 1.57. The Morgan fingerprint density at radius 1 is 1.32 bits per heavy atom. The number of rotatable bonds is 5. The minimum Gasteiger partial charge on any atom is -0.334 e. The third kappa shape index (κ3) is 4.99. The van der Waals surface area contributed by atoms with Crippen LogP contribution in [0.3, 0.4) is 0 Å². The SMILES string of the molecule is O=C(NCc1cccnc1-n1ccnc1)NC1CCCN(CC(F)(F)F)C1=O. The van der Waals surface area contributed by atoms with Crippen molar-refractivity contribution < 1.29 is 22.8 Å². The third-order valence-corrected chi connectivity index (χ3v) is 4.26. The molecule has 1 atom stereocenters. The number of hydrogen-bond acceptors (Lipinski definition) is 4. The van der Waals surface area contributed by atoms with E-state index in [0.29, 0.717) is 24.2 Å². The first kappa shape index (κ1) is 19.6. The second kappa shape index (κ2) is 8.28. The Bertz CT molecular complexity index is 825. The summed E-state index contributed by atoms with van der Waals surface area (Å²) in [6.07, 6.45) is 2.70. The van der Waals surface area contributed by atoms with Gasteiger partial charge in [-0.25, -0.2) is 14.8 Å². The van der Waals surface area contributed by atoms with Gasteiger partial charge in [0.05, 0.1) is 0 Å². The lowest BCUT2D eigenvalue weighted by Crippen LogP contribution is -2.55. The van der Waals surface area contributed by atoms with Gasteiger partial charge in [-0.15, -0.1) is 0 Å². The molecule has 0 bridgehead atoms.